The molecule has 0 radical (unpaired) electrons. The molecule has 1 heterocycles. The van der Waals surface area contributed by atoms with Gasteiger partial charge in [0.15, 0.2) is 5.75 Å². The molecule has 4 nitrogen and oxygen atoms in total. The highest BCUT2D eigenvalue weighted by Gasteiger charge is 2.15. The molecule has 2 aromatic carbocycles. The largest absolute Gasteiger partial charge is 0.483 e. The van der Waals surface area contributed by atoms with Gasteiger partial charge in [-0.2, -0.15) is 5.26 Å². The van der Waals surface area contributed by atoms with Crippen molar-refractivity contribution in [1.29, 1.82) is 5.26 Å². The fraction of sp³-hybridized carbons (Fsp3) is 0.0625. The fourth-order valence-electron chi connectivity index (χ4n) is 2.10. The molecular formula is C16H11BrN2O2. The number of ether oxygens (including phenoxy) is 1. The molecule has 0 fully saturated rings. The maximum atomic E-state index is 9.16. The SMILES string of the molecule is N#Cc1oc2ccccc2c1OCc1cccc(N)c1Br. The number of para-hydroxylation sites is 1. The lowest BCUT2D eigenvalue weighted by Gasteiger charge is -2.08. The average Bonchev–Trinajstić information content (AvgIpc) is 2.86. The molecule has 21 heavy (non-hydrogen) atoms. The number of benzene rings is 2. The highest BCUT2D eigenvalue weighted by Crippen LogP contribution is 2.34. The summed E-state index contributed by atoms with van der Waals surface area (Å²) < 4.78 is 12.1. The molecule has 2 N–H and O–H groups in total. The summed E-state index contributed by atoms with van der Waals surface area (Å²) in [5.74, 6) is 0.638. The van der Waals surface area contributed by atoms with Crippen LogP contribution in [0, 0.1) is 11.3 Å². The molecular weight excluding hydrogens is 332 g/mol. The van der Waals surface area contributed by atoms with Gasteiger partial charge >= 0.3 is 0 Å². The maximum absolute atomic E-state index is 9.16. The molecule has 0 spiro atoms. The molecule has 104 valence electrons. The Morgan fingerprint density at radius 3 is 2.81 bits per heavy atom. The Bertz CT molecular complexity index is 849. The maximum Gasteiger partial charge on any atom is 0.246 e. The van der Waals surface area contributed by atoms with Crippen LogP contribution < -0.4 is 10.5 Å². The second-order valence-corrected chi connectivity index (χ2v) is 5.27. The Hall–Kier alpha value is -2.45. The van der Waals surface area contributed by atoms with E-state index in [0.717, 1.165) is 15.4 Å². The summed E-state index contributed by atoms with van der Waals surface area (Å²) in [7, 11) is 0. The van der Waals surface area contributed by atoms with E-state index in [-0.39, 0.29) is 5.76 Å². The molecule has 0 saturated carbocycles. The molecule has 0 amide bonds. The normalized spacial score (nSPS) is 10.5. The monoisotopic (exact) mass is 342 g/mol. The topological polar surface area (TPSA) is 72.2 Å². The molecule has 0 unspecified atom stereocenters. The predicted octanol–water partition coefficient (Wildman–Crippen LogP) is 4.23. The van der Waals surface area contributed by atoms with Gasteiger partial charge in [-0.15, -0.1) is 0 Å². The smallest absolute Gasteiger partial charge is 0.246 e. The number of nitrogens with zero attached hydrogens (tertiary/aromatic N) is 1. The standard InChI is InChI=1S/C16H11BrN2O2/c17-15-10(4-3-6-12(15)19)9-20-16-11-5-1-2-7-13(11)21-14(16)8-18/h1-7H,9,19H2. The number of anilines is 1. The third kappa shape index (κ3) is 2.46. The number of fused-ring (bicyclic) bond motifs is 1. The average molecular weight is 343 g/mol. The Morgan fingerprint density at radius 2 is 2.00 bits per heavy atom. The van der Waals surface area contributed by atoms with Gasteiger partial charge in [0, 0.05) is 15.7 Å². The van der Waals surface area contributed by atoms with E-state index in [0.29, 0.717) is 23.6 Å². The summed E-state index contributed by atoms with van der Waals surface area (Å²) in [5, 5.41) is 9.95. The van der Waals surface area contributed by atoms with Crippen molar-refractivity contribution in [1.82, 2.24) is 0 Å². The summed E-state index contributed by atoms with van der Waals surface area (Å²) in [4.78, 5) is 0. The van der Waals surface area contributed by atoms with Crippen LogP contribution in [0.2, 0.25) is 0 Å². The van der Waals surface area contributed by atoms with E-state index in [4.69, 9.17) is 20.1 Å². The number of furan rings is 1. The van der Waals surface area contributed by atoms with E-state index in [1.165, 1.54) is 0 Å². The number of rotatable bonds is 3. The van der Waals surface area contributed by atoms with Crippen LogP contribution in [0.5, 0.6) is 5.75 Å². The second-order valence-electron chi connectivity index (χ2n) is 4.48. The quantitative estimate of drug-likeness (QED) is 0.723. The summed E-state index contributed by atoms with van der Waals surface area (Å²) >= 11 is 3.44. The van der Waals surface area contributed by atoms with Gasteiger partial charge in [0.25, 0.3) is 0 Å². The number of hydrogen-bond acceptors (Lipinski definition) is 4. The summed E-state index contributed by atoms with van der Waals surface area (Å²) in [6.07, 6.45) is 0. The third-order valence-corrected chi connectivity index (χ3v) is 4.10. The molecule has 0 aliphatic rings. The number of hydrogen-bond donors (Lipinski definition) is 1. The van der Waals surface area contributed by atoms with Crippen molar-refractivity contribution in [2.45, 2.75) is 6.61 Å². The minimum Gasteiger partial charge on any atom is -0.483 e. The van der Waals surface area contributed by atoms with E-state index in [1.807, 2.05) is 42.5 Å². The van der Waals surface area contributed by atoms with Crippen LogP contribution in [0.15, 0.2) is 51.4 Å². The first-order valence-electron chi connectivity index (χ1n) is 6.28. The van der Waals surface area contributed by atoms with E-state index in [2.05, 4.69) is 15.9 Å². The lowest BCUT2D eigenvalue weighted by atomic mass is 10.2. The van der Waals surface area contributed by atoms with E-state index >= 15 is 0 Å². The number of nitrogens with two attached hydrogens (primary N) is 1. The Kier molecular flexibility index (Phi) is 3.55. The number of nitriles is 1. The van der Waals surface area contributed by atoms with Gasteiger partial charge in [0.2, 0.25) is 5.76 Å². The minimum atomic E-state index is 0.177. The molecule has 0 bridgehead atoms. The Morgan fingerprint density at radius 1 is 1.19 bits per heavy atom. The van der Waals surface area contributed by atoms with E-state index < -0.39 is 0 Å². The van der Waals surface area contributed by atoms with Gasteiger partial charge in [-0.1, -0.05) is 24.3 Å². The van der Waals surface area contributed by atoms with Crippen LogP contribution in [0.1, 0.15) is 11.3 Å². The first-order chi connectivity index (χ1) is 10.2. The molecule has 5 heteroatoms. The predicted molar refractivity (Wildman–Crippen MR) is 83.8 cm³/mol. The fourth-order valence-corrected chi connectivity index (χ4v) is 2.48. The summed E-state index contributed by atoms with van der Waals surface area (Å²) in [6.45, 7) is 0.295. The first kappa shape index (κ1) is 13.5. The lowest BCUT2D eigenvalue weighted by molar-refractivity contribution is 0.303. The molecule has 0 aliphatic heterocycles. The van der Waals surface area contributed by atoms with Gasteiger partial charge in [0.1, 0.15) is 18.3 Å². The second kappa shape index (κ2) is 5.51. The van der Waals surface area contributed by atoms with Crippen molar-refractivity contribution in [2.24, 2.45) is 0 Å². The zero-order valence-electron chi connectivity index (χ0n) is 11.0. The molecule has 1 aromatic heterocycles. The van der Waals surface area contributed by atoms with Gasteiger partial charge in [-0.05, 0) is 34.1 Å². The van der Waals surface area contributed by atoms with Crippen LogP contribution in [-0.2, 0) is 6.61 Å². The van der Waals surface area contributed by atoms with E-state index in [1.54, 1.807) is 6.07 Å². The van der Waals surface area contributed by atoms with Crippen molar-refractivity contribution < 1.29 is 9.15 Å². The zero-order valence-corrected chi connectivity index (χ0v) is 12.6. The van der Waals surface area contributed by atoms with Crippen LogP contribution >= 0.6 is 15.9 Å². The van der Waals surface area contributed by atoms with Crippen molar-refractivity contribution in [2.75, 3.05) is 5.73 Å². The van der Waals surface area contributed by atoms with Crippen LogP contribution in [0.4, 0.5) is 5.69 Å². The number of halogens is 1. The minimum absolute atomic E-state index is 0.177. The molecule has 0 saturated heterocycles. The van der Waals surface area contributed by atoms with Crippen LogP contribution in [0.25, 0.3) is 11.0 Å². The molecule has 3 rings (SSSR count). The molecule has 0 aliphatic carbocycles. The Labute approximate surface area is 129 Å². The molecule has 0 atom stereocenters. The van der Waals surface area contributed by atoms with Crippen LogP contribution in [-0.4, -0.2) is 0 Å². The van der Waals surface area contributed by atoms with Crippen molar-refractivity contribution in [3.05, 3.63) is 58.3 Å². The van der Waals surface area contributed by atoms with Crippen molar-refractivity contribution in [3.63, 3.8) is 0 Å². The Balaban J connectivity index is 1.95. The highest BCUT2D eigenvalue weighted by molar-refractivity contribution is 9.10. The number of nitrogen functional groups attached to an aromatic ring is 1. The van der Waals surface area contributed by atoms with Crippen molar-refractivity contribution >= 4 is 32.6 Å². The van der Waals surface area contributed by atoms with Gasteiger partial charge < -0.3 is 14.9 Å². The van der Waals surface area contributed by atoms with Crippen LogP contribution in [0.3, 0.4) is 0 Å². The van der Waals surface area contributed by atoms with Gasteiger partial charge in [0.05, 0.1) is 5.39 Å². The molecule has 3 aromatic rings. The third-order valence-electron chi connectivity index (χ3n) is 3.13. The lowest BCUT2D eigenvalue weighted by Crippen LogP contribution is -1.99. The van der Waals surface area contributed by atoms with Crippen molar-refractivity contribution in [3.8, 4) is 11.8 Å². The highest BCUT2D eigenvalue weighted by atomic mass is 79.9. The van der Waals surface area contributed by atoms with Gasteiger partial charge in [-0.25, -0.2) is 0 Å². The van der Waals surface area contributed by atoms with Gasteiger partial charge in [-0.3, -0.25) is 0 Å². The summed E-state index contributed by atoms with van der Waals surface area (Å²) in [6, 6.07) is 15.0. The summed E-state index contributed by atoms with van der Waals surface area (Å²) in [5.41, 5.74) is 8.03. The zero-order chi connectivity index (χ0) is 14.8. The first-order valence-corrected chi connectivity index (χ1v) is 7.07. The van der Waals surface area contributed by atoms with E-state index in [9.17, 15) is 0 Å².